The molecule has 0 saturated heterocycles. The molecular weight excluding hydrogens is 178 g/mol. The Hall–Kier alpha value is -0.970. The molecule has 0 aliphatic rings. The molecule has 0 aliphatic heterocycles. The zero-order chi connectivity index (χ0) is 9.72. The molecule has 2 N–H and O–H groups in total. The molecule has 0 aliphatic carbocycles. The van der Waals surface area contributed by atoms with Gasteiger partial charge in [0.2, 0.25) is 5.12 Å². The van der Waals surface area contributed by atoms with Crippen molar-refractivity contribution in [3.8, 4) is 0 Å². The summed E-state index contributed by atoms with van der Waals surface area (Å²) < 4.78 is 4.58. The van der Waals surface area contributed by atoms with Crippen LogP contribution in [0.2, 0.25) is 0 Å². The minimum atomic E-state index is -0.725. The second-order valence-electron chi connectivity index (χ2n) is 2.08. The Kier molecular flexibility index (Phi) is 4.43. The first-order valence-corrected chi connectivity index (χ1v) is 3.82. The number of hydrogen-bond donors (Lipinski definition) is 2. The Labute approximate surface area is 76.2 Å². The molecule has 0 saturated carbocycles. The lowest BCUT2D eigenvalue weighted by Crippen LogP contribution is -2.17. The lowest BCUT2D eigenvalue weighted by atomic mass is 10.2. The van der Waals surface area contributed by atoms with Crippen LogP contribution < -0.4 is 5.73 Å². The van der Waals surface area contributed by atoms with E-state index in [-0.39, 0.29) is 17.9 Å². The van der Waals surface area contributed by atoms with Gasteiger partial charge in [-0.15, -0.1) is 0 Å². The summed E-state index contributed by atoms with van der Waals surface area (Å²) in [6.07, 6.45) is 0. The van der Waals surface area contributed by atoms with E-state index in [0.29, 0.717) is 0 Å². The second-order valence-corrected chi connectivity index (χ2v) is 2.49. The number of thiol groups is 1. The van der Waals surface area contributed by atoms with Crippen LogP contribution in [0.5, 0.6) is 0 Å². The van der Waals surface area contributed by atoms with Gasteiger partial charge in [0.05, 0.1) is 6.61 Å². The molecule has 12 heavy (non-hydrogen) atoms. The van der Waals surface area contributed by atoms with Gasteiger partial charge in [0, 0.05) is 5.70 Å². The molecule has 0 rings (SSSR count). The Morgan fingerprint density at radius 1 is 1.50 bits per heavy atom. The number of carbonyl (C=O) groups is 2. The highest BCUT2D eigenvalue weighted by molar-refractivity contribution is 7.97. The van der Waals surface area contributed by atoms with Gasteiger partial charge in [-0.25, -0.2) is 4.79 Å². The van der Waals surface area contributed by atoms with Crippen molar-refractivity contribution < 1.29 is 14.3 Å². The molecule has 0 radical (unpaired) electrons. The van der Waals surface area contributed by atoms with Crippen LogP contribution in [0.15, 0.2) is 11.3 Å². The van der Waals surface area contributed by atoms with Gasteiger partial charge in [-0.1, -0.05) is 12.6 Å². The van der Waals surface area contributed by atoms with Crippen molar-refractivity contribution in [1.82, 2.24) is 0 Å². The number of rotatable bonds is 3. The van der Waals surface area contributed by atoms with E-state index in [1.807, 2.05) is 0 Å². The molecule has 0 fully saturated rings. The van der Waals surface area contributed by atoms with Gasteiger partial charge in [0.15, 0.2) is 0 Å². The number of ether oxygens (including phenoxy) is 1. The van der Waals surface area contributed by atoms with Crippen molar-refractivity contribution in [2.75, 3.05) is 6.61 Å². The maximum atomic E-state index is 11.0. The predicted octanol–water partition coefficient (Wildman–Crippen LogP) is 0.239. The fourth-order valence-electron chi connectivity index (χ4n) is 0.620. The standard InChI is InChI=1S/C7H11NO3S/c1-3-11-6(9)5(4(2)8)7(10)12/h3,8H2,1-2H3,(H,10,12)/b5-4-. The highest BCUT2D eigenvalue weighted by Crippen LogP contribution is 2.05. The zero-order valence-corrected chi connectivity index (χ0v) is 7.85. The summed E-state index contributed by atoms with van der Waals surface area (Å²) in [7, 11) is 0. The van der Waals surface area contributed by atoms with E-state index >= 15 is 0 Å². The predicted molar refractivity (Wildman–Crippen MR) is 47.5 cm³/mol. The van der Waals surface area contributed by atoms with Gasteiger partial charge in [-0.3, -0.25) is 4.79 Å². The van der Waals surface area contributed by atoms with Crippen molar-refractivity contribution in [3.63, 3.8) is 0 Å². The van der Waals surface area contributed by atoms with Crippen molar-refractivity contribution in [1.29, 1.82) is 0 Å². The number of nitrogens with two attached hydrogens (primary N) is 1. The van der Waals surface area contributed by atoms with E-state index in [9.17, 15) is 9.59 Å². The van der Waals surface area contributed by atoms with E-state index in [4.69, 9.17) is 5.73 Å². The number of allylic oxidation sites excluding steroid dienone is 1. The van der Waals surface area contributed by atoms with E-state index in [1.165, 1.54) is 6.92 Å². The van der Waals surface area contributed by atoms with Crippen LogP contribution in [0, 0.1) is 0 Å². The number of carbonyl (C=O) groups excluding carboxylic acids is 2. The molecule has 68 valence electrons. The Balaban J connectivity index is 4.67. The molecular formula is C7H11NO3S. The topological polar surface area (TPSA) is 69.4 Å². The van der Waals surface area contributed by atoms with Crippen LogP contribution in [0.4, 0.5) is 0 Å². The van der Waals surface area contributed by atoms with Crippen LogP contribution in [-0.4, -0.2) is 17.7 Å². The van der Waals surface area contributed by atoms with E-state index in [1.54, 1.807) is 6.92 Å². The monoisotopic (exact) mass is 189 g/mol. The third kappa shape index (κ3) is 2.96. The lowest BCUT2D eigenvalue weighted by Gasteiger charge is -2.03. The fraction of sp³-hybridized carbons (Fsp3) is 0.429. The Morgan fingerprint density at radius 3 is 2.25 bits per heavy atom. The van der Waals surface area contributed by atoms with Gasteiger partial charge in [-0.05, 0) is 13.8 Å². The molecule has 0 amide bonds. The molecule has 0 aromatic rings. The maximum Gasteiger partial charge on any atom is 0.344 e. The molecule has 0 aromatic carbocycles. The molecule has 0 unspecified atom stereocenters. The summed E-state index contributed by atoms with van der Waals surface area (Å²) in [5.74, 6) is -0.725. The van der Waals surface area contributed by atoms with Crippen molar-refractivity contribution in [2.45, 2.75) is 13.8 Å². The van der Waals surface area contributed by atoms with Gasteiger partial charge in [-0.2, -0.15) is 0 Å². The third-order valence-corrected chi connectivity index (χ3v) is 1.31. The molecule has 5 heteroatoms. The van der Waals surface area contributed by atoms with Crippen molar-refractivity contribution >= 4 is 23.7 Å². The summed E-state index contributed by atoms with van der Waals surface area (Å²) in [5.41, 5.74) is 5.20. The number of esters is 1. The summed E-state index contributed by atoms with van der Waals surface area (Å²) in [6, 6.07) is 0. The van der Waals surface area contributed by atoms with E-state index < -0.39 is 11.1 Å². The van der Waals surface area contributed by atoms with Crippen molar-refractivity contribution in [3.05, 3.63) is 11.3 Å². The van der Waals surface area contributed by atoms with E-state index in [0.717, 1.165) is 0 Å². The van der Waals surface area contributed by atoms with E-state index in [2.05, 4.69) is 17.4 Å². The number of hydrogen-bond acceptors (Lipinski definition) is 4. The normalized spacial score (nSPS) is 11.9. The van der Waals surface area contributed by atoms with Crippen molar-refractivity contribution in [2.24, 2.45) is 5.73 Å². The molecule has 0 atom stereocenters. The second kappa shape index (κ2) is 4.82. The summed E-state index contributed by atoms with van der Waals surface area (Å²) in [5, 5.41) is -0.673. The quantitative estimate of drug-likeness (QED) is 0.219. The molecule has 0 heterocycles. The first-order chi connectivity index (χ1) is 5.50. The molecule has 4 nitrogen and oxygen atoms in total. The Bertz CT molecular complexity index is 231. The van der Waals surface area contributed by atoms with Crippen LogP contribution >= 0.6 is 12.6 Å². The minimum absolute atomic E-state index is 0.119. The molecule has 0 aromatic heterocycles. The highest BCUT2D eigenvalue weighted by Gasteiger charge is 2.18. The van der Waals surface area contributed by atoms with Crippen LogP contribution in [0.25, 0.3) is 0 Å². The van der Waals surface area contributed by atoms with Crippen LogP contribution in [0.3, 0.4) is 0 Å². The summed E-state index contributed by atoms with van der Waals surface area (Å²) in [4.78, 5) is 21.7. The SMILES string of the molecule is CCOC(=O)/C(C(=O)S)=C(\C)N. The largest absolute Gasteiger partial charge is 0.462 e. The summed E-state index contributed by atoms with van der Waals surface area (Å²) >= 11 is 3.49. The highest BCUT2D eigenvalue weighted by atomic mass is 32.1. The maximum absolute atomic E-state index is 11.0. The average molecular weight is 189 g/mol. The molecule has 0 bridgehead atoms. The van der Waals surface area contributed by atoms with Gasteiger partial charge in [0.25, 0.3) is 0 Å². The first-order valence-electron chi connectivity index (χ1n) is 3.37. The van der Waals surface area contributed by atoms with Gasteiger partial charge in [0.1, 0.15) is 5.57 Å². The fourth-order valence-corrected chi connectivity index (χ4v) is 0.888. The lowest BCUT2D eigenvalue weighted by molar-refractivity contribution is -0.139. The van der Waals surface area contributed by atoms with Crippen LogP contribution in [0.1, 0.15) is 13.8 Å². The third-order valence-electron chi connectivity index (χ3n) is 1.09. The zero-order valence-electron chi connectivity index (χ0n) is 6.96. The Morgan fingerprint density at radius 2 is 2.00 bits per heavy atom. The summed E-state index contributed by atoms with van der Waals surface area (Å²) in [6.45, 7) is 3.29. The van der Waals surface area contributed by atoms with Gasteiger partial charge >= 0.3 is 5.97 Å². The van der Waals surface area contributed by atoms with Gasteiger partial charge < -0.3 is 10.5 Å². The molecule has 0 spiro atoms. The smallest absolute Gasteiger partial charge is 0.344 e. The first kappa shape index (κ1) is 11.0. The minimum Gasteiger partial charge on any atom is -0.462 e. The average Bonchev–Trinajstić information content (AvgIpc) is 1.85. The van der Waals surface area contributed by atoms with Crippen LogP contribution in [-0.2, 0) is 14.3 Å².